The maximum atomic E-state index is 12.1. The van der Waals surface area contributed by atoms with Crippen LogP contribution < -0.4 is 11.1 Å². The summed E-state index contributed by atoms with van der Waals surface area (Å²) in [5.41, 5.74) is 7.21. The molecule has 1 amide bonds. The van der Waals surface area contributed by atoms with E-state index in [1.165, 1.54) is 0 Å². The van der Waals surface area contributed by atoms with E-state index in [4.69, 9.17) is 5.73 Å². The molecule has 0 aliphatic heterocycles. The van der Waals surface area contributed by atoms with Crippen LogP contribution in [0.25, 0.3) is 0 Å². The van der Waals surface area contributed by atoms with Gasteiger partial charge in [-0.15, -0.1) is 0 Å². The van der Waals surface area contributed by atoms with Crippen molar-refractivity contribution in [1.29, 1.82) is 0 Å². The van der Waals surface area contributed by atoms with Crippen LogP contribution in [0.15, 0.2) is 12.1 Å². The Hall–Kier alpha value is -1.62. The smallest absolute Gasteiger partial charge is 0.251 e. The molecule has 3 N–H and O–H groups in total. The predicted octanol–water partition coefficient (Wildman–Crippen LogP) is 2.25. The molecular weight excluding hydrogens is 264 g/mol. The monoisotopic (exact) mass is 292 g/mol. The zero-order valence-corrected chi connectivity index (χ0v) is 13.6. The average molecular weight is 292 g/mol. The molecule has 1 aromatic heterocycles. The fourth-order valence-electron chi connectivity index (χ4n) is 2.15. The summed E-state index contributed by atoms with van der Waals surface area (Å²) >= 11 is 0. The van der Waals surface area contributed by atoms with E-state index in [1.54, 1.807) is 6.07 Å². The Balaban J connectivity index is 2.52. The summed E-state index contributed by atoms with van der Waals surface area (Å²) < 4.78 is 0. The van der Waals surface area contributed by atoms with Gasteiger partial charge in [0.2, 0.25) is 0 Å². The van der Waals surface area contributed by atoms with E-state index >= 15 is 0 Å². The Labute approximate surface area is 127 Å². The number of hydrogen-bond donors (Lipinski definition) is 2. The van der Waals surface area contributed by atoms with Gasteiger partial charge in [-0.2, -0.15) is 0 Å². The van der Waals surface area contributed by atoms with Crippen LogP contribution in [0.3, 0.4) is 0 Å². The number of hydrogen-bond acceptors (Lipinski definition) is 4. The molecule has 0 fully saturated rings. The minimum absolute atomic E-state index is 0.0782. The fraction of sp³-hybridized carbons (Fsp3) is 0.625. The maximum Gasteiger partial charge on any atom is 0.251 e. The summed E-state index contributed by atoms with van der Waals surface area (Å²) in [6.45, 7) is 12.1. The van der Waals surface area contributed by atoms with Crippen LogP contribution in [0, 0.1) is 0 Å². The molecule has 1 aromatic rings. The van der Waals surface area contributed by atoms with Crippen LogP contribution in [0.2, 0.25) is 0 Å². The lowest BCUT2D eigenvalue weighted by molar-refractivity contribution is 0.0951. The summed E-state index contributed by atoms with van der Waals surface area (Å²) in [6.07, 6.45) is 0.949. The highest BCUT2D eigenvalue weighted by Gasteiger charge is 2.10. The molecule has 0 aliphatic rings. The summed E-state index contributed by atoms with van der Waals surface area (Å²) in [4.78, 5) is 18.7. The fourth-order valence-corrected chi connectivity index (χ4v) is 2.15. The molecule has 1 rings (SSSR count). The molecule has 0 radical (unpaired) electrons. The van der Waals surface area contributed by atoms with Crippen LogP contribution in [-0.4, -0.2) is 42.0 Å². The molecule has 0 unspecified atom stereocenters. The van der Waals surface area contributed by atoms with Gasteiger partial charge in [-0.3, -0.25) is 4.79 Å². The first-order chi connectivity index (χ1) is 9.97. The largest absolute Gasteiger partial charge is 0.384 e. The lowest BCUT2D eigenvalue weighted by Crippen LogP contribution is -2.30. The second kappa shape index (κ2) is 8.62. The van der Waals surface area contributed by atoms with E-state index < -0.39 is 0 Å². The first kappa shape index (κ1) is 17.4. The van der Waals surface area contributed by atoms with Gasteiger partial charge in [0.05, 0.1) is 0 Å². The van der Waals surface area contributed by atoms with Gasteiger partial charge in [0.1, 0.15) is 5.82 Å². The molecule has 0 atom stereocenters. The van der Waals surface area contributed by atoms with Crippen LogP contribution in [0.5, 0.6) is 0 Å². The highest BCUT2D eigenvalue weighted by atomic mass is 16.1. The zero-order chi connectivity index (χ0) is 15.8. The first-order valence-corrected chi connectivity index (χ1v) is 7.75. The van der Waals surface area contributed by atoms with Gasteiger partial charge in [0.15, 0.2) is 0 Å². The number of carbonyl (C=O) groups excluding carboxylic acids is 1. The molecule has 118 valence electrons. The molecule has 21 heavy (non-hydrogen) atoms. The van der Waals surface area contributed by atoms with Crippen molar-refractivity contribution < 1.29 is 4.79 Å². The number of anilines is 1. The van der Waals surface area contributed by atoms with Crippen molar-refractivity contribution in [3.05, 3.63) is 23.4 Å². The van der Waals surface area contributed by atoms with Gasteiger partial charge >= 0.3 is 0 Å². The number of nitrogen functional groups attached to an aromatic ring is 1. The number of pyridine rings is 1. The number of amides is 1. The molecule has 0 saturated carbocycles. The second-order valence-electron chi connectivity index (χ2n) is 5.50. The molecular formula is C16H28N4O. The van der Waals surface area contributed by atoms with E-state index in [0.29, 0.717) is 17.9 Å². The van der Waals surface area contributed by atoms with Crippen molar-refractivity contribution >= 4 is 11.7 Å². The predicted molar refractivity (Wildman–Crippen MR) is 87.5 cm³/mol. The van der Waals surface area contributed by atoms with Crippen LogP contribution in [0.1, 0.15) is 56.1 Å². The maximum absolute atomic E-state index is 12.1. The van der Waals surface area contributed by atoms with E-state index in [1.807, 2.05) is 19.9 Å². The molecule has 0 spiro atoms. The zero-order valence-electron chi connectivity index (χ0n) is 13.6. The Bertz CT molecular complexity index is 456. The number of carbonyl (C=O) groups is 1. The first-order valence-electron chi connectivity index (χ1n) is 7.75. The van der Waals surface area contributed by atoms with E-state index in [0.717, 1.165) is 31.7 Å². The molecule has 5 nitrogen and oxygen atoms in total. The second-order valence-corrected chi connectivity index (χ2v) is 5.50. The molecule has 0 aromatic carbocycles. The van der Waals surface area contributed by atoms with Gasteiger partial charge in [-0.1, -0.05) is 27.7 Å². The summed E-state index contributed by atoms with van der Waals surface area (Å²) in [6, 6.07) is 3.45. The molecule has 5 heteroatoms. The number of rotatable bonds is 8. The Morgan fingerprint density at radius 2 is 2.00 bits per heavy atom. The highest BCUT2D eigenvalue weighted by Crippen LogP contribution is 2.15. The number of nitrogens with one attached hydrogen (secondary N) is 1. The third-order valence-electron chi connectivity index (χ3n) is 3.55. The summed E-state index contributed by atoms with van der Waals surface area (Å²) in [5.74, 6) is 0.572. The van der Waals surface area contributed by atoms with Gasteiger partial charge in [-0.05, 0) is 44.1 Å². The van der Waals surface area contributed by atoms with Gasteiger partial charge in [0, 0.05) is 17.8 Å². The highest BCUT2D eigenvalue weighted by molar-refractivity contribution is 5.94. The minimum Gasteiger partial charge on any atom is -0.384 e. The Morgan fingerprint density at radius 1 is 1.33 bits per heavy atom. The van der Waals surface area contributed by atoms with Crippen molar-refractivity contribution in [2.24, 2.45) is 0 Å². The van der Waals surface area contributed by atoms with E-state index in [9.17, 15) is 4.79 Å². The van der Waals surface area contributed by atoms with Crippen molar-refractivity contribution in [2.75, 3.05) is 31.9 Å². The van der Waals surface area contributed by atoms with Crippen molar-refractivity contribution in [2.45, 2.75) is 40.0 Å². The molecule has 0 saturated heterocycles. The molecule has 0 bridgehead atoms. The quantitative estimate of drug-likeness (QED) is 0.721. The van der Waals surface area contributed by atoms with Crippen LogP contribution in [0.4, 0.5) is 5.82 Å². The standard InChI is InChI=1S/C16H28N4O/c1-5-20(6-2)9-7-8-18-16(21)13-10-14(12(3)4)19-15(17)11-13/h10-12H,5-9H2,1-4H3,(H2,17,19)(H,18,21). The van der Waals surface area contributed by atoms with E-state index in [-0.39, 0.29) is 11.8 Å². The van der Waals surface area contributed by atoms with Crippen LogP contribution in [-0.2, 0) is 0 Å². The average Bonchev–Trinajstić information content (AvgIpc) is 2.46. The van der Waals surface area contributed by atoms with Crippen LogP contribution >= 0.6 is 0 Å². The normalized spacial score (nSPS) is 11.1. The van der Waals surface area contributed by atoms with Crippen molar-refractivity contribution in [3.8, 4) is 0 Å². The van der Waals surface area contributed by atoms with Crippen molar-refractivity contribution in [1.82, 2.24) is 15.2 Å². The third-order valence-corrected chi connectivity index (χ3v) is 3.55. The number of nitrogens with zero attached hydrogens (tertiary/aromatic N) is 2. The number of nitrogens with two attached hydrogens (primary N) is 1. The topological polar surface area (TPSA) is 71.2 Å². The van der Waals surface area contributed by atoms with E-state index in [2.05, 4.69) is 29.0 Å². The number of aromatic nitrogens is 1. The summed E-state index contributed by atoms with van der Waals surface area (Å²) in [5, 5.41) is 2.95. The third kappa shape index (κ3) is 5.71. The summed E-state index contributed by atoms with van der Waals surface area (Å²) in [7, 11) is 0. The molecule has 1 heterocycles. The lowest BCUT2D eigenvalue weighted by atomic mass is 10.1. The SMILES string of the molecule is CCN(CC)CCCNC(=O)c1cc(N)nc(C(C)C)c1. The van der Waals surface area contributed by atoms with Crippen molar-refractivity contribution in [3.63, 3.8) is 0 Å². The Morgan fingerprint density at radius 3 is 2.57 bits per heavy atom. The molecule has 0 aliphatic carbocycles. The van der Waals surface area contributed by atoms with Gasteiger partial charge in [-0.25, -0.2) is 4.98 Å². The van der Waals surface area contributed by atoms with Gasteiger partial charge in [0.25, 0.3) is 5.91 Å². The Kier molecular flexibility index (Phi) is 7.15. The minimum atomic E-state index is -0.0782. The lowest BCUT2D eigenvalue weighted by Gasteiger charge is -2.17. The van der Waals surface area contributed by atoms with Gasteiger partial charge < -0.3 is 16.0 Å².